The Balaban J connectivity index is 1.38. The summed E-state index contributed by atoms with van der Waals surface area (Å²) in [4.78, 5) is 18.7. The maximum atomic E-state index is 11.7. The number of rotatable bonds is 5. The molecule has 0 bridgehead atoms. The van der Waals surface area contributed by atoms with Crippen molar-refractivity contribution in [1.29, 1.82) is 0 Å². The molecular formula is C21H26N2O4S. The normalized spacial score (nSPS) is 27.4. The van der Waals surface area contributed by atoms with Gasteiger partial charge in [0.1, 0.15) is 11.9 Å². The molecule has 2 fully saturated rings. The van der Waals surface area contributed by atoms with Gasteiger partial charge in [0.05, 0.1) is 29.5 Å². The van der Waals surface area contributed by atoms with Crippen molar-refractivity contribution in [3.8, 4) is 5.75 Å². The largest absolute Gasteiger partial charge is 0.488 e. The first-order chi connectivity index (χ1) is 13.5. The summed E-state index contributed by atoms with van der Waals surface area (Å²) in [5.41, 5.74) is 1.59. The molecule has 0 radical (unpaired) electrons. The molecule has 1 aromatic heterocycles. The third kappa shape index (κ3) is 4.21. The number of likely N-dealkylation sites (tertiary alicyclic amines) is 1. The molecule has 1 N–H and O–H groups in total. The van der Waals surface area contributed by atoms with Crippen molar-refractivity contribution >= 4 is 17.3 Å². The average Bonchev–Trinajstić information content (AvgIpc) is 3.26. The SMILES string of the molecule is COC(=O)c1cccc(O[C@@H]2C[C@@H]3CN(Cc4csc(C)n4)C[C@@H]3C[C@H]2O)c1. The number of thiazole rings is 1. The van der Waals surface area contributed by atoms with Crippen LogP contribution >= 0.6 is 11.3 Å². The van der Waals surface area contributed by atoms with Gasteiger partial charge in [-0.1, -0.05) is 6.07 Å². The average molecular weight is 403 g/mol. The number of carbonyl (C=O) groups excluding carboxylic acids is 1. The lowest BCUT2D eigenvalue weighted by Crippen LogP contribution is -2.42. The second-order valence-corrected chi connectivity index (χ2v) is 8.85. The van der Waals surface area contributed by atoms with Crippen molar-refractivity contribution in [1.82, 2.24) is 9.88 Å². The summed E-state index contributed by atoms with van der Waals surface area (Å²) in [7, 11) is 1.36. The number of esters is 1. The molecule has 1 aliphatic heterocycles. The monoisotopic (exact) mass is 402 g/mol. The second kappa shape index (κ2) is 8.19. The van der Waals surface area contributed by atoms with Gasteiger partial charge in [-0.2, -0.15) is 0 Å². The highest BCUT2D eigenvalue weighted by Gasteiger charge is 2.42. The highest BCUT2D eigenvalue weighted by molar-refractivity contribution is 7.09. The standard InChI is InChI=1S/C21H26N2O4S/c1-13-22-17(12-28-13)11-23-9-15-7-19(24)20(8-16(15)10-23)27-18-5-3-4-14(6-18)21(25)26-2/h3-6,12,15-16,19-20,24H,7-11H2,1-2H3/t15-,16+,19+,20+/m0/s1. The summed E-state index contributed by atoms with van der Waals surface area (Å²) in [6.45, 7) is 4.92. The maximum absolute atomic E-state index is 11.7. The van der Waals surface area contributed by atoms with E-state index in [1.165, 1.54) is 7.11 Å². The Morgan fingerprint density at radius 2 is 2.11 bits per heavy atom. The molecule has 1 saturated heterocycles. The van der Waals surface area contributed by atoms with Gasteiger partial charge >= 0.3 is 5.97 Å². The first kappa shape index (κ1) is 19.4. The highest BCUT2D eigenvalue weighted by atomic mass is 32.1. The van der Waals surface area contributed by atoms with Gasteiger partial charge in [-0.05, 0) is 49.8 Å². The topological polar surface area (TPSA) is 71.9 Å². The lowest BCUT2D eigenvalue weighted by molar-refractivity contribution is -0.0231. The predicted octanol–water partition coefficient (Wildman–Crippen LogP) is 2.89. The Morgan fingerprint density at radius 1 is 1.32 bits per heavy atom. The van der Waals surface area contributed by atoms with E-state index in [0.29, 0.717) is 23.1 Å². The molecule has 150 valence electrons. The zero-order valence-electron chi connectivity index (χ0n) is 16.2. The second-order valence-electron chi connectivity index (χ2n) is 7.79. The van der Waals surface area contributed by atoms with E-state index >= 15 is 0 Å². The molecule has 2 aromatic rings. The number of aromatic nitrogens is 1. The first-order valence-electron chi connectivity index (χ1n) is 9.68. The minimum atomic E-state index is -0.496. The van der Waals surface area contributed by atoms with Crippen molar-refractivity contribution in [3.05, 3.63) is 45.9 Å². The van der Waals surface area contributed by atoms with Crippen LogP contribution in [0.25, 0.3) is 0 Å². The van der Waals surface area contributed by atoms with E-state index in [4.69, 9.17) is 9.47 Å². The fourth-order valence-electron chi connectivity index (χ4n) is 4.44. The van der Waals surface area contributed by atoms with Gasteiger partial charge in [0.15, 0.2) is 0 Å². The lowest BCUT2D eigenvalue weighted by Gasteiger charge is -2.35. The molecule has 2 aliphatic rings. The number of fused-ring (bicyclic) bond motifs is 1. The smallest absolute Gasteiger partial charge is 0.337 e. The zero-order chi connectivity index (χ0) is 19.7. The van der Waals surface area contributed by atoms with Gasteiger partial charge in [0.2, 0.25) is 0 Å². The number of benzene rings is 1. The summed E-state index contributed by atoms with van der Waals surface area (Å²) in [5, 5.41) is 13.9. The predicted molar refractivity (Wildman–Crippen MR) is 107 cm³/mol. The molecule has 2 heterocycles. The van der Waals surface area contributed by atoms with E-state index in [1.807, 2.05) is 13.0 Å². The van der Waals surface area contributed by atoms with Gasteiger partial charge in [-0.15, -0.1) is 11.3 Å². The molecule has 6 nitrogen and oxygen atoms in total. The first-order valence-corrected chi connectivity index (χ1v) is 10.6. The third-order valence-corrected chi connectivity index (χ3v) is 6.58. The summed E-state index contributed by atoms with van der Waals surface area (Å²) >= 11 is 1.69. The van der Waals surface area contributed by atoms with E-state index in [9.17, 15) is 9.90 Å². The van der Waals surface area contributed by atoms with E-state index in [0.717, 1.165) is 43.2 Å². The van der Waals surface area contributed by atoms with Crippen LogP contribution in [0.1, 0.15) is 33.9 Å². The Kier molecular flexibility index (Phi) is 5.66. The zero-order valence-corrected chi connectivity index (χ0v) is 17.0. The Labute approximate surface area is 169 Å². The van der Waals surface area contributed by atoms with Gasteiger partial charge in [0.25, 0.3) is 0 Å². The van der Waals surface area contributed by atoms with Gasteiger partial charge in [-0.25, -0.2) is 9.78 Å². The molecule has 0 amide bonds. The number of carbonyl (C=O) groups is 1. The number of aliphatic hydroxyl groups is 1. The van der Waals surface area contributed by atoms with Crippen LogP contribution in [0.4, 0.5) is 0 Å². The Morgan fingerprint density at radius 3 is 2.82 bits per heavy atom. The number of ether oxygens (including phenoxy) is 2. The fourth-order valence-corrected chi connectivity index (χ4v) is 5.05. The summed E-state index contributed by atoms with van der Waals surface area (Å²) < 4.78 is 10.8. The van der Waals surface area contributed by atoms with Crippen molar-refractivity contribution < 1.29 is 19.4 Å². The molecule has 7 heteroatoms. The lowest BCUT2D eigenvalue weighted by atomic mass is 9.78. The van der Waals surface area contributed by atoms with Crippen LogP contribution in [0.5, 0.6) is 5.75 Å². The number of aliphatic hydroxyl groups excluding tert-OH is 1. The maximum Gasteiger partial charge on any atom is 0.337 e. The van der Waals surface area contributed by atoms with Crippen LogP contribution in [0.15, 0.2) is 29.6 Å². The molecular weight excluding hydrogens is 376 g/mol. The Hall–Kier alpha value is -1.96. The van der Waals surface area contributed by atoms with Gasteiger partial charge in [0, 0.05) is 25.0 Å². The van der Waals surface area contributed by atoms with Crippen LogP contribution in [0.3, 0.4) is 0 Å². The fraction of sp³-hybridized carbons (Fsp3) is 0.524. The third-order valence-electron chi connectivity index (χ3n) is 5.76. The molecule has 4 rings (SSSR count). The van der Waals surface area contributed by atoms with Crippen LogP contribution in [0.2, 0.25) is 0 Å². The molecule has 1 aliphatic carbocycles. The molecule has 1 saturated carbocycles. The van der Waals surface area contributed by atoms with Crippen molar-refractivity contribution in [2.45, 2.75) is 38.5 Å². The number of aryl methyl sites for hydroxylation is 1. The molecule has 0 spiro atoms. The van der Waals surface area contributed by atoms with Crippen molar-refractivity contribution in [2.24, 2.45) is 11.8 Å². The quantitative estimate of drug-likeness (QED) is 0.776. The number of nitrogens with zero attached hydrogens (tertiary/aromatic N) is 2. The highest BCUT2D eigenvalue weighted by Crippen LogP contribution is 2.38. The molecule has 4 atom stereocenters. The molecule has 0 unspecified atom stereocenters. The summed E-state index contributed by atoms with van der Waals surface area (Å²) in [5.74, 6) is 1.21. The van der Waals surface area contributed by atoms with Crippen LogP contribution < -0.4 is 4.74 Å². The molecule has 28 heavy (non-hydrogen) atoms. The summed E-state index contributed by atoms with van der Waals surface area (Å²) in [6.07, 6.45) is 0.819. The van der Waals surface area contributed by atoms with Crippen molar-refractivity contribution in [3.63, 3.8) is 0 Å². The summed E-state index contributed by atoms with van der Waals surface area (Å²) in [6, 6.07) is 6.96. The molecule has 1 aromatic carbocycles. The number of hydrogen-bond donors (Lipinski definition) is 1. The van der Waals surface area contributed by atoms with Crippen LogP contribution in [-0.2, 0) is 11.3 Å². The van der Waals surface area contributed by atoms with Crippen molar-refractivity contribution in [2.75, 3.05) is 20.2 Å². The van der Waals surface area contributed by atoms with E-state index < -0.39 is 12.1 Å². The Bertz CT molecular complexity index is 839. The minimum Gasteiger partial charge on any atom is -0.488 e. The van der Waals surface area contributed by atoms with E-state index in [2.05, 4.69) is 15.3 Å². The number of hydrogen-bond acceptors (Lipinski definition) is 7. The van der Waals surface area contributed by atoms with E-state index in [1.54, 1.807) is 29.5 Å². The van der Waals surface area contributed by atoms with Gasteiger partial charge < -0.3 is 14.6 Å². The number of methoxy groups -OCH3 is 1. The van der Waals surface area contributed by atoms with E-state index in [-0.39, 0.29) is 6.10 Å². The van der Waals surface area contributed by atoms with Gasteiger partial charge in [-0.3, -0.25) is 4.90 Å². The minimum absolute atomic E-state index is 0.254. The van der Waals surface area contributed by atoms with Crippen LogP contribution in [0, 0.1) is 18.8 Å². The van der Waals surface area contributed by atoms with Crippen LogP contribution in [-0.4, -0.2) is 53.4 Å².